The summed E-state index contributed by atoms with van der Waals surface area (Å²) in [7, 11) is 0. The van der Waals surface area contributed by atoms with Crippen LogP contribution in [0.2, 0.25) is 0 Å². The van der Waals surface area contributed by atoms with E-state index in [1.54, 1.807) is 18.2 Å². The van der Waals surface area contributed by atoms with Gasteiger partial charge < -0.3 is 15.3 Å². The summed E-state index contributed by atoms with van der Waals surface area (Å²) >= 11 is 0. The summed E-state index contributed by atoms with van der Waals surface area (Å²) in [6, 6.07) is 8.47. The molecule has 19 heavy (non-hydrogen) atoms. The zero-order chi connectivity index (χ0) is 14.0. The Morgan fingerprint density at radius 1 is 0.789 bits per heavy atom. The molecule has 0 bridgehead atoms. The van der Waals surface area contributed by atoms with Gasteiger partial charge in [-0.1, -0.05) is 38.1 Å². The molecule has 0 unspecified atom stereocenters. The lowest BCUT2D eigenvalue weighted by molar-refractivity contribution is 0.404. The number of phenols is 3. The van der Waals surface area contributed by atoms with Crippen LogP contribution in [-0.2, 0) is 12.8 Å². The Morgan fingerprint density at radius 2 is 1.47 bits per heavy atom. The molecule has 3 nitrogen and oxygen atoms in total. The molecule has 0 aliphatic carbocycles. The number of hydrogen-bond acceptors (Lipinski definition) is 3. The van der Waals surface area contributed by atoms with Gasteiger partial charge in [-0.3, -0.25) is 0 Å². The third kappa shape index (κ3) is 2.24. The van der Waals surface area contributed by atoms with Gasteiger partial charge in [-0.2, -0.15) is 0 Å². The maximum absolute atomic E-state index is 10.4. The second-order valence-corrected chi connectivity index (χ2v) is 4.48. The Balaban J connectivity index is 2.67. The molecule has 2 rings (SSSR count). The lowest BCUT2D eigenvalue weighted by Gasteiger charge is -2.14. The summed E-state index contributed by atoms with van der Waals surface area (Å²) in [5.41, 5.74) is 2.98. The lowest BCUT2D eigenvalue weighted by atomic mass is 9.94. The molecule has 0 aliphatic rings. The highest BCUT2D eigenvalue weighted by Gasteiger charge is 2.15. The minimum absolute atomic E-state index is 0.183. The van der Waals surface area contributed by atoms with Crippen molar-refractivity contribution in [2.24, 2.45) is 0 Å². The highest BCUT2D eigenvalue weighted by atomic mass is 16.3. The molecule has 0 saturated carbocycles. The predicted octanol–water partition coefficient (Wildman–Crippen LogP) is 3.60. The smallest absolute Gasteiger partial charge is 0.165 e. The molecule has 0 atom stereocenters. The van der Waals surface area contributed by atoms with E-state index in [0.29, 0.717) is 11.1 Å². The second kappa shape index (κ2) is 5.22. The van der Waals surface area contributed by atoms with Crippen LogP contribution in [0, 0.1) is 0 Å². The van der Waals surface area contributed by atoms with Crippen LogP contribution in [0.5, 0.6) is 17.2 Å². The Labute approximate surface area is 112 Å². The second-order valence-electron chi connectivity index (χ2n) is 4.48. The van der Waals surface area contributed by atoms with Crippen LogP contribution in [0.3, 0.4) is 0 Å². The molecule has 3 N–H and O–H groups in total. The Morgan fingerprint density at radius 3 is 2.11 bits per heavy atom. The number of para-hydroxylation sites is 1. The molecule has 0 saturated heterocycles. The van der Waals surface area contributed by atoms with Crippen molar-refractivity contribution in [1.82, 2.24) is 0 Å². The lowest BCUT2D eigenvalue weighted by Crippen LogP contribution is -1.94. The minimum atomic E-state index is -0.205. The normalized spacial score (nSPS) is 10.6. The highest BCUT2D eigenvalue weighted by Crippen LogP contribution is 2.42. The number of hydrogen-bond donors (Lipinski definition) is 3. The van der Waals surface area contributed by atoms with Crippen LogP contribution in [-0.4, -0.2) is 15.3 Å². The molecule has 3 heteroatoms. The maximum atomic E-state index is 10.4. The molecular formula is C16H18O3. The molecule has 0 aromatic heterocycles. The third-order valence-corrected chi connectivity index (χ3v) is 3.42. The fourth-order valence-corrected chi connectivity index (χ4v) is 2.37. The van der Waals surface area contributed by atoms with Gasteiger partial charge in [-0.25, -0.2) is 0 Å². The Kier molecular flexibility index (Phi) is 3.65. The molecule has 0 aliphatic heterocycles. The highest BCUT2D eigenvalue weighted by molar-refractivity contribution is 5.79. The Hall–Kier alpha value is -2.16. The van der Waals surface area contributed by atoms with Crippen LogP contribution in [0.15, 0.2) is 30.3 Å². The molecule has 0 amide bonds. The molecule has 0 radical (unpaired) electrons. The summed E-state index contributed by atoms with van der Waals surface area (Å²) in [5, 5.41) is 29.8. The van der Waals surface area contributed by atoms with Crippen LogP contribution in [0.25, 0.3) is 11.1 Å². The largest absolute Gasteiger partial charge is 0.507 e. The van der Waals surface area contributed by atoms with Gasteiger partial charge in [0.2, 0.25) is 0 Å². The molecule has 0 spiro atoms. The number of aromatic hydroxyl groups is 3. The molecule has 2 aromatic carbocycles. The molecule has 100 valence electrons. The first kappa shape index (κ1) is 13.3. The first-order valence-electron chi connectivity index (χ1n) is 6.45. The summed E-state index contributed by atoms with van der Waals surface area (Å²) in [6.07, 6.45) is 1.57. The number of rotatable bonds is 3. The van der Waals surface area contributed by atoms with Crippen LogP contribution in [0.4, 0.5) is 0 Å². The van der Waals surface area contributed by atoms with E-state index in [1.165, 1.54) is 6.07 Å². The van der Waals surface area contributed by atoms with Gasteiger partial charge in [0, 0.05) is 11.1 Å². The van der Waals surface area contributed by atoms with Crippen molar-refractivity contribution in [2.45, 2.75) is 26.7 Å². The zero-order valence-electron chi connectivity index (χ0n) is 11.1. The van der Waals surface area contributed by atoms with E-state index in [4.69, 9.17) is 0 Å². The van der Waals surface area contributed by atoms with Crippen molar-refractivity contribution in [3.05, 3.63) is 41.5 Å². The van der Waals surface area contributed by atoms with Gasteiger partial charge in [0.1, 0.15) is 5.75 Å². The van der Waals surface area contributed by atoms with Crippen molar-refractivity contribution in [3.8, 4) is 28.4 Å². The van der Waals surface area contributed by atoms with Gasteiger partial charge in [0.05, 0.1) is 0 Å². The number of phenolic OH excluding ortho intramolecular Hbond substituents is 3. The molecule has 0 fully saturated rings. The standard InChI is InChI=1S/C16H18O3/c1-3-10-8-9-13(15(18)11(10)4-2)12-6-5-7-14(17)16(12)19/h5-9,17-19H,3-4H2,1-2H3. The van der Waals surface area contributed by atoms with Gasteiger partial charge in [0.15, 0.2) is 11.5 Å². The van der Waals surface area contributed by atoms with Gasteiger partial charge in [-0.05, 0) is 30.0 Å². The number of aryl methyl sites for hydroxylation is 1. The molecule has 0 heterocycles. The van der Waals surface area contributed by atoms with E-state index in [-0.39, 0.29) is 17.2 Å². The number of benzene rings is 2. The van der Waals surface area contributed by atoms with Gasteiger partial charge in [0.25, 0.3) is 0 Å². The van der Waals surface area contributed by atoms with Gasteiger partial charge >= 0.3 is 0 Å². The van der Waals surface area contributed by atoms with Crippen molar-refractivity contribution in [2.75, 3.05) is 0 Å². The summed E-state index contributed by atoms with van der Waals surface area (Å²) < 4.78 is 0. The van der Waals surface area contributed by atoms with Crippen molar-refractivity contribution in [1.29, 1.82) is 0 Å². The minimum Gasteiger partial charge on any atom is -0.507 e. The summed E-state index contributed by atoms with van der Waals surface area (Å²) in [6.45, 7) is 4.03. The van der Waals surface area contributed by atoms with Crippen LogP contribution < -0.4 is 0 Å². The summed E-state index contributed by atoms with van der Waals surface area (Å²) in [5.74, 6) is -0.207. The zero-order valence-corrected chi connectivity index (χ0v) is 11.1. The monoisotopic (exact) mass is 258 g/mol. The first-order chi connectivity index (χ1) is 9.10. The fraction of sp³-hybridized carbons (Fsp3) is 0.250. The topological polar surface area (TPSA) is 60.7 Å². The SMILES string of the molecule is CCc1ccc(-c2cccc(O)c2O)c(O)c1CC. The van der Waals surface area contributed by atoms with Gasteiger partial charge in [-0.15, -0.1) is 0 Å². The average molecular weight is 258 g/mol. The average Bonchev–Trinajstić information content (AvgIpc) is 2.42. The Bertz CT molecular complexity index is 603. The van der Waals surface area contributed by atoms with E-state index in [0.717, 1.165) is 24.0 Å². The van der Waals surface area contributed by atoms with Crippen molar-refractivity contribution < 1.29 is 15.3 Å². The third-order valence-electron chi connectivity index (χ3n) is 3.42. The quantitative estimate of drug-likeness (QED) is 0.737. The molecule has 2 aromatic rings. The summed E-state index contributed by atoms with van der Waals surface area (Å²) in [4.78, 5) is 0. The maximum Gasteiger partial charge on any atom is 0.165 e. The molecular weight excluding hydrogens is 240 g/mol. The van der Waals surface area contributed by atoms with Crippen LogP contribution in [0.1, 0.15) is 25.0 Å². The van der Waals surface area contributed by atoms with Crippen molar-refractivity contribution in [3.63, 3.8) is 0 Å². The fourth-order valence-electron chi connectivity index (χ4n) is 2.37. The van der Waals surface area contributed by atoms with E-state index in [2.05, 4.69) is 0 Å². The first-order valence-corrected chi connectivity index (χ1v) is 6.45. The predicted molar refractivity (Wildman–Crippen MR) is 75.6 cm³/mol. The van der Waals surface area contributed by atoms with E-state index in [1.807, 2.05) is 19.9 Å². The van der Waals surface area contributed by atoms with E-state index in [9.17, 15) is 15.3 Å². The van der Waals surface area contributed by atoms with Crippen molar-refractivity contribution >= 4 is 0 Å². The van der Waals surface area contributed by atoms with E-state index < -0.39 is 0 Å². The van der Waals surface area contributed by atoms with E-state index >= 15 is 0 Å². The van der Waals surface area contributed by atoms with Crippen LogP contribution >= 0.6 is 0 Å².